The normalized spacial score (nSPS) is 18.7. The van der Waals surface area contributed by atoms with Crippen molar-refractivity contribution in [3.63, 3.8) is 0 Å². The summed E-state index contributed by atoms with van der Waals surface area (Å²) >= 11 is 0. The molecule has 1 saturated heterocycles. The first-order valence-electron chi connectivity index (χ1n) is 7.87. The first kappa shape index (κ1) is 21.3. The van der Waals surface area contributed by atoms with Crippen LogP contribution >= 0.6 is 0 Å². The number of carboxylic acids is 2. The predicted molar refractivity (Wildman–Crippen MR) is 84.6 cm³/mol. The second-order valence-electron chi connectivity index (χ2n) is 5.69. The molecule has 12 nitrogen and oxygen atoms in total. The van der Waals surface area contributed by atoms with Gasteiger partial charge in [-0.3, -0.25) is 19.2 Å². The Kier molecular flexibility index (Phi) is 7.93. The number of carboxylic acid groups (broad SMARTS) is 2. The minimum atomic E-state index is -1.72. The van der Waals surface area contributed by atoms with E-state index < -0.39 is 60.8 Å². The molecule has 0 aromatic heterocycles. The summed E-state index contributed by atoms with van der Waals surface area (Å²) < 4.78 is 0. The maximum Gasteiger partial charge on any atom is 0.326 e. The Hall–Kier alpha value is -2.73. The largest absolute Gasteiger partial charge is 0.481 e. The number of likely N-dealkylation sites (tertiary alicyclic amines) is 1. The van der Waals surface area contributed by atoms with Crippen LogP contribution in [0.3, 0.4) is 0 Å². The molecule has 0 aromatic carbocycles. The van der Waals surface area contributed by atoms with E-state index >= 15 is 0 Å². The van der Waals surface area contributed by atoms with Crippen LogP contribution < -0.4 is 16.4 Å². The van der Waals surface area contributed by atoms with Crippen molar-refractivity contribution in [2.24, 2.45) is 5.73 Å². The van der Waals surface area contributed by atoms with Gasteiger partial charge in [0.05, 0.1) is 19.6 Å². The van der Waals surface area contributed by atoms with Gasteiger partial charge < -0.3 is 36.6 Å². The molecule has 0 radical (unpaired) electrons. The monoisotopic (exact) mass is 374 g/mol. The van der Waals surface area contributed by atoms with Crippen LogP contribution in [0.5, 0.6) is 0 Å². The number of hydrogen-bond acceptors (Lipinski definition) is 7. The zero-order chi connectivity index (χ0) is 19.9. The number of aliphatic carboxylic acids is 2. The lowest BCUT2D eigenvalue weighted by Gasteiger charge is -2.26. The van der Waals surface area contributed by atoms with E-state index in [0.29, 0.717) is 19.4 Å². The Balaban J connectivity index is 2.74. The fourth-order valence-corrected chi connectivity index (χ4v) is 2.56. The third-order valence-corrected chi connectivity index (χ3v) is 3.86. The molecule has 1 rings (SSSR count). The first-order valence-corrected chi connectivity index (χ1v) is 7.87. The van der Waals surface area contributed by atoms with Crippen molar-refractivity contribution in [3.8, 4) is 0 Å². The van der Waals surface area contributed by atoms with E-state index in [1.807, 2.05) is 5.32 Å². The summed E-state index contributed by atoms with van der Waals surface area (Å²) in [5, 5.41) is 31.1. The maximum absolute atomic E-state index is 12.3. The molecule has 1 aliphatic heterocycles. The highest BCUT2D eigenvalue weighted by Gasteiger charge is 2.35. The summed E-state index contributed by atoms with van der Waals surface area (Å²) in [7, 11) is 0. The number of carbonyl (C=O) groups is 5. The summed E-state index contributed by atoms with van der Waals surface area (Å²) in [5.41, 5.74) is 5.28. The van der Waals surface area contributed by atoms with Gasteiger partial charge in [0, 0.05) is 6.54 Å². The molecule has 146 valence electrons. The lowest BCUT2D eigenvalue weighted by molar-refractivity contribution is -0.147. The van der Waals surface area contributed by atoms with E-state index in [1.54, 1.807) is 0 Å². The molecule has 0 saturated carbocycles. The molecular formula is C14H22N4O8. The SMILES string of the molecule is NCC(=O)N1CCCC1C(=O)NC(CO)C(=O)NC(CC(=O)O)C(=O)O. The van der Waals surface area contributed by atoms with Gasteiger partial charge in [0.1, 0.15) is 18.1 Å². The Labute approximate surface area is 148 Å². The number of nitrogens with one attached hydrogen (secondary N) is 2. The molecule has 26 heavy (non-hydrogen) atoms. The summed E-state index contributed by atoms with van der Waals surface area (Å²) in [6.45, 7) is -0.776. The van der Waals surface area contributed by atoms with Crippen LogP contribution in [0.2, 0.25) is 0 Å². The average Bonchev–Trinajstić information content (AvgIpc) is 3.07. The molecular weight excluding hydrogens is 352 g/mol. The topological polar surface area (TPSA) is 199 Å². The molecule has 0 aromatic rings. The van der Waals surface area contributed by atoms with E-state index in [0.717, 1.165) is 0 Å². The van der Waals surface area contributed by atoms with Gasteiger partial charge in [-0.2, -0.15) is 0 Å². The van der Waals surface area contributed by atoms with E-state index in [-0.39, 0.29) is 6.54 Å². The Morgan fingerprint density at radius 3 is 2.27 bits per heavy atom. The van der Waals surface area contributed by atoms with Crippen LogP contribution in [0.15, 0.2) is 0 Å². The number of carbonyl (C=O) groups excluding carboxylic acids is 3. The van der Waals surface area contributed by atoms with Crippen molar-refractivity contribution in [2.75, 3.05) is 19.7 Å². The number of aliphatic hydroxyl groups is 1. The van der Waals surface area contributed by atoms with Gasteiger partial charge in [0.2, 0.25) is 17.7 Å². The summed E-state index contributed by atoms with van der Waals surface area (Å²) in [4.78, 5) is 58.9. The van der Waals surface area contributed by atoms with Crippen molar-refractivity contribution >= 4 is 29.7 Å². The van der Waals surface area contributed by atoms with Crippen LogP contribution in [0.4, 0.5) is 0 Å². The fourth-order valence-electron chi connectivity index (χ4n) is 2.56. The van der Waals surface area contributed by atoms with Gasteiger partial charge in [0.15, 0.2) is 0 Å². The molecule has 3 atom stereocenters. The number of amides is 3. The van der Waals surface area contributed by atoms with Crippen molar-refractivity contribution in [2.45, 2.75) is 37.4 Å². The van der Waals surface area contributed by atoms with E-state index in [9.17, 15) is 29.1 Å². The van der Waals surface area contributed by atoms with Gasteiger partial charge in [-0.1, -0.05) is 0 Å². The van der Waals surface area contributed by atoms with E-state index in [1.165, 1.54) is 4.90 Å². The number of hydrogen-bond donors (Lipinski definition) is 6. The minimum Gasteiger partial charge on any atom is -0.481 e. The van der Waals surface area contributed by atoms with E-state index in [4.69, 9.17) is 15.9 Å². The molecule has 3 unspecified atom stereocenters. The first-order chi connectivity index (χ1) is 12.2. The predicted octanol–water partition coefficient (Wildman–Crippen LogP) is -3.54. The number of nitrogens with two attached hydrogens (primary N) is 1. The molecule has 0 aliphatic carbocycles. The lowest BCUT2D eigenvalue weighted by Crippen LogP contribution is -2.57. The molecule has 0 bridgehead atoms. The van der Waals surface area contributed by atoms with Gasteiger partial charge >= 0.3 is 11.9 Å². The van der Waals surface area contributed by atoms with Gasteiger partial charge in [-0.15, -0.1) is 0 Å². The quantitative estimate of drug-likeness (QED) is 0.236. The lowest BCUT2D eigenvalue weighted by atomic mass is 10.1. The molecule has 1 fully saturated rings. The van der Waals surface area contributed by atoms with E-state index in [2.05, 4.69) is 5.32 Å². The van der Waals surface area contributed by atoms with Crippen LogP contribution in [0.1, 0.15) is 19.3 Å². The summed E-state index contributed by atoms with van der Waals surface area (Å²) in [5.74, 6) is -5.18. The zero-order valence-electron chi connectivity index (χ0n) is 13.9. The highest BCUT2D eigenvalue weighted by Crippen LogP contribution is 2.17. The second-order valence-corrected chi connectivity index (χ2v) is 5.69. The highest BCUT2D eigenvalue weighted by molar-refractivity contribution is 5.94. The Morgan fingerprint density at radius 2 is 1.77 bits per heavy atom. The number of aliphatic hydroxyl groups excluding tert-OH is 1. The van der Waals surface area contributed by atoms with Crippen molar-refractivity contribution < 1.29 is 39.3 Å². The van der Waals surface area contributed by atoms with Gasteiger partial charge in [0.25, 0.3) is 0 Å². The molecule has 0 spiro atoms. The fraction of sp³-hybridized carbons (Fsp3) is 0.643. The smallest absolute Gasteiger partial charge is 0.326 e. The number of rotatable bonds is 9. The maximum atomic E-state index is 12.3. The van der Waals surface area contributed by atoms with Crippen molar-refractivity contribution in [3.05, 3.63) is 0 Å². The van der Waals surface area contributed by atoms with Crippen molar-refractivity contribution in [1.29, 1.82) is 0 Å². The van der Waals surface area contributed by atoms with Crippen LogP contribution in [-0.2, 0) is 24.0 Å². The molecule has 1 heterocycles. The second kappa shape index (κ2) is 9.68. The summed E-state index contributed by atoms with van der Waals surface area (Å²) in [6.07, 6.45) is 0.0577. The van der Waals surface area contributed by atoms with Crippen LogP contribution in [0.25, 0.3) is 0 Å². The zero-order valence-corrected chi connectivity index (χ0v) is 13.9. The van der Waals surface area contributed by atoms with Gasteiger partial charge in [-0.05, 0) is 12.8 Å². The number of nitrogens with zero attached hydrogens (tertiary/aromatic N) is 1. The van der Waals surface area contributed by atoms with Crippen LogP contribution in [0, 0.1) is 0 Å². The standard InChI is InChI=1S/C14H22N4O8/c15-5-10(20)18-3-1-2-9(18)13(24)17-8(6-19)12(23)16-7(14(25)26)4-11(21)22/h7-9,19H,1-6,15H2,(H,16,23)(H,17,24)(H,21,22)(H,25,26). The van der Waals surface area contributed by atoms with Gasteiger partial charge in [-0.25, -0.2) is 4.79 Å². The highest BCUT2D eigenvalue weighted by atomic mass is 16.4. The summed E-state index contributed by atoms with van der Waals surface area (Å²) in [6, 6.07) is -4.05. The molecule has 12 heteroatoms. The average molecular weight is 374 g/mol. The molecule has 1 aliphatic rings. The Morgan fingerprint density at radius 1 is 1.12 bits per heavy atom. The molecule has 3 amide bonds. The minimum absolute atomic E-state index is 0.275. The van der Waals surface area contributed by atoms with Crippen LogP contribution in [-0.4, -0.2) is 87.7 Å². The molecule has 7 N–H and O–H groups in total. The third kappa shape index (κ3) is 5.67. The van der Waals surface area contributed by atoms with Crippen molar-refractivity contribution in [1.82, 2.24) is 15.5 Å². The third-order valence-electron chi connectivity index (χ3n) is 3.86. The Bertz CT molecular complexity index is 581.